The largest absolute Gasteiger partial charge is 0.465 e. The fraction of sp³-hybridized carbons (Fsp3) is 0.472. The van der Waals surface area contributed by atoms with Gasteiger partial charge in [-0.3, -0.25) is 14.4 Å². The van der Waals surface area contributed by atoms with Crippen molar-refractivity contribution in [3.8, 4) is 0 Å². The van der Waals surface area contributed by atoms with Gasteiger partial charge in [0.25, 0.3) is 5.91 Å². The summed E-state index contributed by atoms with van der Waals surface area (Å²) in [5.74, 6) is -2.97. The van der Waals surface area contributed by atoms with E-state index >= 15 is 0 Å². The number of halogens is 1. The smallest absolute Gasteiger partial charge is 0.312 e. The molecule has 240 valence electrons. The summed E-state index contributed by atoms with van der Waals surface area (Å²) in [6, 6.07) is 13.7. The van der Waals surface area contributed by atoms with E-state index < -0.39 is 41.6 Å². The number of allylic oxidation sites excluding steroid dienone is 1. The molecule has 45 heavy (non-hydrogen) atoms. The summed E-state index contributed by atoms with van der Waals surface area (Å²) >= 11 is 3.73. The van der Waals surface area contributed by atoms with Gasteiger partial charge in [-0.2, -0.15) is 0 Å². The van der Waals surface area contributed by atoms with Crippen LogP contribution in [0.5, 0.6) is 0 Å². The maximum atomic E-state index is 15.0. The molecule has 0 saturated carbocycles. The Labute approximate surface area is 274 Å². The number of benzene rings is 2. The molecule has 3 unspecified atom stereocenters. The Bertz CT molecular complexity index is 1430. The Morgan fingerprint density at radius 2 is 1.93 bits per heavy atom. The molecule has 9 heteroatoms. The van der Waals surface area contributed by atoms with Crippen molar-refractivity contribution >= 4 is 39.4 Å². The van der Waals surface area contributed by atoms with Crippen molar-refractivity contribution in [1.82, 2.24) is 4.90 Å². The van der Waals surface area contributed by atoms with Crippen molar-refractivity contribution in [3.63, 3.8) is 0 Å². The molecule has 2 aromatic carbocycles. The van der Waals surface area contributed by atoms with Crippen LogP contribution in [0.3, 0.4) is 0 Å². The number of hydrogen-bond donors (Lipinski definition) is 1. The highest BCUT2D eigenvalue weighted by molar-refractivity contribution is 9.09. The zero-order chi connectivity index (χ0) is 32.3. The summed E-state index contributed by atoms with van der Waals surface area (Å²) in [5, 5.41) is 10.8. The van der Waals surface area contributed by atoms with Gasteiger partial charge in [-0.05, 0) is 68.7 Å². The number of carbonyl (C=O) groups excluding carboxylic acids is 3. The predicted octanol–water partition coefficient (Wildman–Crippen LogP) is 5.07. The van der Waals surface area contributed by atoms with E-state index in [0.717, 1.165) is 29.5 Å². The summed E-state index contributed by atoms with van der Waals surface area (Å²) in [6.07, 6.45) is 5.92. The van der Waals surface area contributed by atoms with Gasteiger partial charge >= 0.3 is 5.97 Å². The second-order valence-electron chi connectivity index (χ2n) is 12.4. The number of likely N-dealkylation sites (tertiary alicyclic amines) is 1. The van der Waals surface area contributed by atoms with Crippen LogP contribution in [0, 0.1) is 25.7 Å². The maximum absolute atomic E-state index is 15.0. The molecule has 3 heterocycles. The Morgan fingerprint density at radius 3 is 2.62 bits per heavy atom. The number of aliphatic hydroxyl groups excluding tert-OH is 1. The van der Waals surface area contributed by atoms with E-state index in [1.54, 1.807) is 11.0 Å². The zero-order valence-electron chi connectivity index (χ0n) is 26.1. The van der Waals surface area contributed by atoms with Crippen LogP contribution in [-0.2, 0) is 30.3 Å². The molecule has 1 spiro atoms. The number of amides is 2. The first kappa shape index (κ1) is 33.1. The number of esters is 1. The molecule has 0 radical (unpaired) electrons. The van der Waals surface area contributed by atoms with E-state index in [0.29, 0.717) is 24.9 Å². The Hall–Kier alpha value is -3.27. The lowest BCUT2D eigenvalue weighted by molar-refractivity contribution is -0.155. The molecule has 3 saturated heterocycles. The Morgan fingerprint density at radius 1 is 1.18 bits per heavy atom. The van der Waals surface area contributed by atoms with E-state index in [1.165, 1.54) is 4.90 Å². The Kier molecular flexibility index (Phi) is 10.3. The van der Waals surface area contributed by atoms with Gasteiger partial charge in [0.05, 0.1) is 37.2 Å². The van der Waals surface area contributed by atoms with Crippen molar-refractivity contribution in [3.05, 3.63) is 90.5 Å². The summed E-state index contributed by atoms with van der Waals surface area (Å²) in [7, 11) is 0. The van der Waals surface area contributed by atoms with Crippen molar-refractivity contribution in [2.45, 2.75) is 74.6 Å². The third kappa shape index (κ3) is 6.14. The number of nitrogens with zero attached hydrogens (tertiary/aromatic N) is 2. The van der Waals surface area contributed by atoms with Crippen molar-refractivity contribution in [1.29, 1.82) is 0 Å². The van der Waals surface area contributed by atoms with E-state index in [1.807, 2.05) is 68.5 Å². The molecule has 5 rings (SSSR count). The molecule has 2 amide bonds. The number of carbonyl (C=O) groups is 3. The molecule has 8 nitrogen and oxygen atoms in total. The van der Waals surface area contributed by atoms with Crippen molar-refractivity contribution in [2.75, 3.05) is 24.7 Å². The molecule has 3 fully saturated rings. The van der Waals surface area contributed by atoms with Crippen LogP contribution < -0.4 is 4.90 Å². The first-order chi connectivity index (χ1) is 21.7. The molecular formula is C36H43BrN2O6. The highest BCUT2D eigenvalue weighted by Gasteiger charge is 2.77. The average molecular weight is 680 g/mol. The van der Waals surface area contributed by atoms with Gasteiger partial charge in [-0.15, -0.1) is 13.2 Å². The zero-order valence-corrected chi connectivity index (χ0v) is 27.7. The van der Waals surface area contributed by atoms with Crippen LogP contribution in [0.4, 0.5) is 5.69 Å². The van der Waals surface area contributed by atoms with Crippen LogP contribution in [0.2, 0.25) is 0 Å². The normalized spacial score (nSPS) is 27.2. The fourth-order valence-electron chi connectivity index (χ4n) is 7.40. The number of aliphatic hydroxyl groups is 1. The Balaban J connectivity index is 1.57. The minimum absolute atomic E-state index is 0.211. The second kappa shape index (κ2) is 14.0. The van der Waals surface area contributed by atoms with Crippen LogP contribution >= 0.6 is 15.9 Å². The van der Waals surface area contributed by atoms with Gasteiger partial charge < -0.3 is 24.4 Å². The lowest BCUT2D eigenvalue weighted by Crippen LogP contribution is -2.59. The second-order valence-corrected chi connectivity index (χ2v) is 13.6. The molecule has 1 N–H and O–H groups in total. The van der Waals surface area contributed by atoms with Gasteiger partial charge in [0.1, 0.15) is 11.6 Å². The number of unbranched alkanes of at least 4 members (excludes halogenated alkanes) is 2. The number of alkyl halides is 1. The maximum Gasteiger partial charge on any atom is 0.312 e. The highest BCUT2D eigenvalue weighted by Crippen LogP contribution is 2.61. The highest BCUT2D eigenvalue weighted by atomic mass is 79.9. The van der Waals surface area contributed by atoms with E-state index in [2.05, 4.69) is 29.1 Å². The molecule has 0 aromatic heterocycles. The van der Waals surface area contributed by atoms with Gasteiger partial charge in [0.2, 0.25) is 5.91 Å². The number of aryl methyl sites for hydroxylation is 2. The summed E-state index contributed by atoms with van der Waals surface area (Å²) in [6.45, 7) is 11.6. The minimum Gasteiger partial charge on any atom is -0.465 e. The van der Waals surface area contributed by atoms with Crippen LogP contribution in [0.25, 0.3) is 0 Å². The van der Waals surface area contributed by atoms with Crippen LogP contribution in [0.15, 0.2) is 73.8 Å². The first-order valence-corrected chi connectivity index (χ1v) is 16.7. The van der Waals surface area contributed by atoms with E-state index in [-0.39, 0.29) is 36.4 Å². The quantitative estimate of drug-likeness (QED) is 0.130. The fourth-order valence-corrected chi connectivity index (χ4v) is 8.34. The third-order valence-electron chi connectivity index (χ3n) is 9.43. The number of rotatable bonds is 14. The van der Waals surface area contributed by atoms with Crippen molar-refractivity contribution < 1.29 is 29.0 Å². The molecule has 7 atom stereocenters. The van der Waals surface area contributed by atoms with Gasteiger partial charge in [-0.1, -0.05) is 70.5 Å². The lowest BCUT2D eigenvalue weighted by Gasteiger charge is -2.39. The summed E-state index contributed by atoms with van der Waals surface area (Å²) in [5.41, 5.74) is 2.24. The number of fused-ring (bicyclic) bond motifs is 1. The monoisotopic (exact) mass is 678 g/mol. The molecule has 3 aliphatic rings. The van der Waals surface area contributed by atoms with Gasteiger partial charge in [0, 0.05) is 17.1 Å². The van der Waals surface area contributed by atoms with Gasteiger partial charge in [0.15, 0.2) is 0 Å². The lowest BCUT2D eigenvalue weighted by atomic mass is 9.70. The molecule has 3 aliphatic heterocycles. The van der Waals surface area contributed by atoms with Crippen LogP contribution in [-0.4, -0.2) is 76.2 Å². The molecular weight excluding hydrogens is 636 g/mol. The van der Waals surface area contributed by atoms with E-state index in [9.17, 15) is 19.5 Å². The summed E-state index contributed by atoms with van der Waals surface area (Å²) in [4.78, 5) is 46.2. The molecule has 0 aliphatic carbocycles. The number of hydrogen-bond acceptors (Lipinski definition) is 6. The first-order valence-electron chi connectivity index (χ1n) is 15.7. The number of ether oxygens (including phenoxy) is 2. The molecule has 2 aromatic rings. The topological polar surface area (TPSA) is 96.4 Å². The van der Waals surface area contributed by atoms with Crippen LogP contribution in [0.1, 0.15) is 42.4 Å². The molecule has 2 bridgehead atoms. The van der Waals surface area contributed by atoms with Gasteiger partial charge in [-0.25, -0.2) is 0 Å². The standard InChI is InChI=1S/C36H43BrN2O6/c1-5-7-8-12-18-44-35(43)29-30-33(41)39(26(22-40)20-25-13-10-9-11-14-25)32(36(30)21-27(37)31(29)45-36)34(42)38(17-6-2)28-19-23(3)15-16-24(28)4/h5-6,9-11,13-16,19,26-27,29-32,40H,1-2,7-8,12,17-18,20-22H2,3-4H3/t26-,27?,29-,30+,31-,32?,36?/m1/s1. The van der Waals surface area contributed by atoms with Crippen molar-refractivity contribution in [2.24, 2.45) is 11.8 Å². The predicted molar refractivity (Wildman–Crippen MR) is 177 cm³/mol. The minimum atomic E-state index is -1.28. The third-order valence-corrected chi connectivity index (χ3v) is 10.3. The SMILES string of the molecule is C=CCCCCOC(=O)[C@H]1[C@@H]2OC3(CC2Br)C(C(=O)N(CC=C)c2cc(C)ccc2C)N([C@@H](CO)Cc2ccccc2)C(=O)[C@H]13. The summed E-state index contributed by atoms with van der Waals surface area (Å²) < 4.78 is 12.4. The van der Waals surface area contributed by atoms with E-state index in [4.69, 9.17) is 9.47 Å². The average Bonchev–Trinajstić information content (AvgIpc) is 3.63. The number of anilines is 1.